The second-order valence-corrected chi connectivity index (χ2v) is 6.20. The molecule has 1 aliphatic rings. The van der Waals surface area contributed by atoms with E-state index in [1.807, 2.05) is 4.40 Å². The standard InChI is InChI=1S/C13H14F3N3S/c14-13(15,16)12(2-1-3-12)4-9-20-11-10-17-5-7-19(10)8-6-18-11/h5-8H,1-4,9H2. The van der Waals surface area contributed by atoms with Gasteiger partial charge in [-0.1, -0.05) is 6.42 Å². The van der Waals surface area contributed by atoms with Crippen molar-refractivity contribution in [3.63, 3.8) is 0 Å². The maximum atomic E-state index is 13.0. The first-order valence-corrected chi connectivity index (χ1v) is 7.48. The molecule has 0 radical (unpaired) electrons. The first kappa shape index (κ1) is 13.7. The van der Waals surface area contributed by atoms with Crippen LogP contribution in [0.3, 0.4) is 0 Å². The summed E-state index contributed by atoms with van der Waals surface area (Å²) in [4.78, 5) is 8.38. The molecular weight excluding hydrogens is 287 g/mol. The fourth-order valence-electron chi connectivity index (χ4n) is 2.55. The number of halogens is 3. The summed E-state index contributed by atoms with van der Waals surface area (Å²) >= 11 is 1.35. The number of rotatable bonds is 4. The Morgan fingerprint density at radius 3 is 2.50 bits per heavy atom. The van der Waals surface area contributed by atoms with E-state index in [0.29, 0.717) is 22.8 Å². The number of thioether (sulfide) groups is 1. The fraction of sp³-hybridized carbons (Fsp3) is 0.538. The molecule has 2 aromatic rings. The largest absolute Gasteiger partial charge is 0.394 e. The van der Waals surface area contributed by atoms with Crippen LogP contribution in [0.25, 0.3) is 5.65 Å². The van der Waals surface area contributed by atoms with Crippen LogP contribution < -0.4 is 0 Å². The minimum Gasteiger partial charge on any atom is -0.303 e. The zero-order valence-corrected chi connectivity index (χ0v) is 11.5. The minimum atomic E-state index is -4.08. The van der Waals surface area contributed by atoms with Gasteiger partial charge in [0.1, 0.15) is 5.03 Å². The molecule has 0 bridgehead atoms. The second kappa shape index (κ2) is 4.95. The van der Waals surface area contributed by atoms with Gasteiger partial charge in [0.15, 0.2) is 5.65 Å². The van der Waals surface area contributed by atoms with Gasteiger partial charge in [-0.2, -0.15) is 13.2 Å². The molecule has 7 heteroatoms. The van der Waals surface area contributed by atoms with Crippen molar-refractivity contribution in [3.05, 3.63) is 24.8 Å². The van der Waals surface area contributed by atoms with Crippen LogP contribution in [0, 0.1) is 5.41 Å². The number of fused-ring (bicyclic) bond motifs is 1. The van der Waals surface area contributed by atoms with Gasteiger partial charge in [0.05, 0.1) is 5.41 Å². The first-order chi connectivity index (χ1) is 9.52. The number of hydrogen-bond acceptors (Lipinski definition) is 3. The molecule has 0 saturated heterocycles. The Kier molecular flexibility index (Phi) is 3.40. The quantitative estimate of drug-likeness (QED) is 0.801. The summed E-state index contributed by atoms with van der Waals surface area (Å²) < 4.78 is 40.9. The highest BCUT2D eigenvalue weighted by Gasteiger charge is 2.57. The summed E-state index contributed by atoms with van der Waals surface area (Å²) in [5.74, 6) is 0.416. The molecule has 3 rings (SSSR count). The lowest BCUT2D eigenvalue weighted by Gasteiger charge is -2.43. The molecule has 0 aliphatic heterocycles. The molecule has 1 aliphatic carbocycles. The van der Waals surface area contributed by atoms with Gasteiger partial charge < -0.3 is 4.40 Å². The highest BCUT2D eigenvalue weighted by molar-refractivity contribution is 7.99. The van der Waals surface area contributed by atoms with Crippen LogP contribution in [0.15, 0.2) is 29.8 Å². The van der Waals surface area contributed by atoms with E-state index < -0.39 is 11.6 Å². The minimum absolute atomic E-state index is 0.157. The van der Waals surface area contributed by atoms with Gasteiger partial charge in [0, 0.05) is 30.5 Å². The van der Waals surface area contributed by atoms with Crippen LogP contribution in [-0.2, 0) is 0 Å². The van der Waals surface area contributed by atoms with Crippen molar-refractivity contribution in [3.8, 4) is 0 Å². The molecule has 0 aromatic carbocycles. The molecule has 0 spiro atoms. The Balaban J connectivity index is 1.67. The van der Waals surface area contributed by atoms with Crippen molar-refractivity contribution >= 4 is 17.4 Å². The predicted molar refractivity (Wildman–Crippen MR) is 70.7 cm³/mol. The molecule has 0 N–H and O–H groups in total. The van der Waals surface area contributed by atoms with Crippen molar-refractivity contribution in [1.29, 1.82) is 0 Å². The zero-order chi connectivity index (χ0) is 14.2. The molecule has 1 fully saturated rings. The van der Waals surface area contributed by atoms with Gasteiger partial charge in [-0.3, -0.25) is 0 Å². The third-order valence-electron chi connectivity index (χ3n) is 4.01. The van der Waals surface area contributed by atoms with E-state index in [0.717, 1.165) is 0 Å². The highest BCUT2D eigenvalue weighted by atomic mass is 32.2. The average molecular weight is 301 g/mol. The molecule has 20 heavy (non-hydrogen) atoms. The van der Waals surface area contributed by atoms with E-state index in [1.54, 1.807) is 24.8 Å². The van der Waals surface area contributed by atoms with E-state index in [9.17, 15) is 13.2 Å². The summed E-state index contributed by atoms with van der Waals surface area (Å²) in [7, 11) is 0. The van der Waals surface area contributed by atoms with Crippen molar-refractivity contribution < 1.29 is 13.2 Å². The fourth-order valence-corrected chi connectivity index (χ4v) is 3.66. The topological polar surface area (TPSA) is 30.2 Å². The number of aromatic nitrogens is 3. The molecule has 3 nitrogen and oxygen atoms in total. The lowest BCUT2D eigenvalue weighted by Crippen LogP contribution is -2.44. The molecular formula is C13H14F3N3S. The lowest BCUT2D eigenvalue weighted by molar-refractivity contribution is -0.251. The summed E-state index contributed by atoms with van der Waals surface area (Å²) in [5.41, 5.74) is -0.757. The Morgan fingerprint density at radius 1 is 1.20 bits per heavy atom. The highest BCUT2D eigenvalue weighted by Crippen LogP contribution is 2.55. The molecule has 0 atom stereocenters. The monoisotopic (exact) mass is 301 g/mol. The van der Waals surface area contributed by atoms with Crippen LogP contribution >= 0.6 is 11.8 Å². The Morgan fingerprint density at radius 2 is 1.90 bits per heavy atom. The molecule has 0 amide bonds. The Bertz CT molecular complexity index is 604. The maximum absolute atomic E-state index is 13.0. The van der Waals surface area contributed by atoms with Crippen LogP contribution in [0.4, 0.5) is 13.2 Å². The smallest absolute Gasteiger partial charge is 0.303 e. The SMILES string of the molecule is FC(F)(F)C1(CCSc2nccn3ccnc23)CCC1. The van der Waals surface area contributed by atoms with Gasteiger partial charge in [0.2, 0.25) is 0 Å². The number of hydrogen-bond donors (Lipinski definition) is 0. The molecule has 0 unspecified atom stereocenters. The summed E-state index contributed by atoms with van der Waals surface area (Å²) in [6.45, 7) is 0. The summed E-state index contributed by atoms with van der Waals surface area (Å²) in [6.07, 6.45) is 4.14. The van der Waals surface area contributed by atoms with Gasteiger partial charge in [0.25, 0.3) is 0 Å². The van der Waals surface area contributed by atoms with Crippen LogP contribution in [0.2, 0.25) is 0 Å². The lowest BCUT2D eigenvalue weighted by atomic mass is 9.66. The van der Waals surface area contributed by atoms with Crippen molar-refractivity contribution in [2.24, 2.45) is 5.41 Å². The molecule has 108 valence electrons. The predicted octanol–water partition coefficient (Wildman–Crippen LogP) is 3.94. The van der Waals surface area contributed by atoms with Crippen LogP contribution in [0.1, 0.15) is 25.7 Å². The summed E-state index contributed by atoms with van der Waals surface area (Å²) in [6, 6.07) is 0. The van der Waals surface area contributed by atoms with E-state index in [4.69, 9.17) is 0 Å². The van der Waals surface area contributed by atoms with Crippen molar-refractivity contribution in [1.82, 2.24) is 14.4 Å². The Hall–Kier alpha value is -1.24. The normalized spacial score (nSPS) is 18.1. The van der Waals surface area contributed by atoms with Crippen molar-refractivity contribution in [2.45, 2.75) is 36.9 Å². The molecule has 2 aromatic heterocycles. The molecule has 1 saturated carbocycles. The van der Waals surface area contributed by atoms with E-state index in [2.05, 4.69) is 9.97 Å². The number of nitrogens with zero attached hydrogens (tertiary/aromatic N) is 3. The zero-order valence-electron chi connectivity index (χ0n) is 10.7. The van der Waals surface area contributed by atoms with Gasteiger partial charge in [-0.25, -0.2) is 9.97 Å². The number of alkyl halides is 3. The van der Waals surface area contributed by atoms with Crippen molar-refractivity contribution in [2.75, 3.05) is 5.75 Å². The number of imidazole rings is 1. The maximum Gasteiger partial charge on any atom is 0.394 e. The van der Waals surface area contributed by atoms with Gasteiger partial charge >= 0.3 is 6.18 Å². The van der Waals surface area contributed by atoms with E-state index >= 15 is 0 Å². The third-order valence-corrected chi connectivity index (χ3v) is 4.98. The van der Waals surface area contributed by atoms with Crippen LogP contribution in [0.5, 0.6) is 0 Å². The average Bonchev–Trinajstić information content (AvgIpc) is 2.79. The summed E-state index contributed by atoms with van der Waals surface area (Å²) in [5, 5.41) is 0.689. The van der Waals surface area contributed by atoms with Gasteiger partial charge in [-0.05, 0) is 19.3 Å². The third kappa shape index (κ3) is 2.28. The Labute approximate surface area is 118 Å². The molecule has 2 heterocycles. The van der Waals surface area contributed by atoms with E-state index in [-0.39, 0.29) is 19.3 Å². The first-order valence-electron chi connectivity index (χ1n) is 6.49. The van der Waals surface area contributed by atoms with E-state index in [1.165, 1.54) is 11.8 Å². The van der Waals surface area contributed by atoms with Gasteiger partial charge in [-0.15, -0.1) is 11.8 Å². The second-order valence-electron chi connectivity index (χ2n) is 5.12. The van der Waals surface area contributed by atoms with Crippen LogP contribution in [-0.4, -0.2) is 26.3 Å².